The molecule has 0 spiro atoms. The quantitative estimate of drug-likeness (QED) is 0.726. The van der Waals surface area contributed by atoms with Gasteiger partial charge >= 0.3 is 0 Å². The van der Waals surface area contributed by atoms with Gasteiger partial charge in [0.1, 0.15) is 0 Å². The molecule has 0 aromatic heterocycles. The number of thiocarbonyl (C=S) groups is 1. The molecule has 0 aliphatic carbocycles. The van der Waals surface area contributed by atoms with Gasteiger partial charge in [-0.15, -0.1) is 0 Å². The maximum atomic E-state index is 12.0. The number of rotatable bonds is 5. The van der Waals surface area contributed by atoms with Crippen LogP contribution in [0, 0.1) is 13.8 Å². The van der Waals surface area contributed by atoms with Gasteiger partial charge in [-0.25, -0.2) is 0 Å². The Balaban J connectivity index is 1.68. The monoisotopic (exact) mass is 381 g/mol. The molecule has 1 fully saturated rings. The van der Waals surface area contributed by atoms with E-state index in [0.717, 1.165) is 36.3 Å². The average Bonchev–Trinajstić information content (AvgIpc) is 3.06. The Hall–Kier alpha value is -2.40. The third-order valence-corrected chi connectivity index (χ3v) is 5.32. The summed E-state index contributed by atoms with van der Waals surface area (Å²) in [5.41, 5.74) is 5.52. The lowest BCUT2D eigenvalue weighted by molar-refractivity contribution is -0.117. The molecule has 1 unspecified atom stereocenters. The van der Waals surface area contributed by atoms with Crippen molar-refractivity contribution in [2.45, 2.75) is 46.1 Å². The van der Waals surface area contributed by atoms with E-state index in [1.165, 1.54) is 11.1 Å². The molecule has 0 bridgehead atoms. The van der Waals surface area contributed by atoms with Crippen molar-refractivity contribution in [2.75, 3.05) is 16.8 Å². The SMILES string of the molecule is CCC(NC(=S)Nc1ccc(N2CCCC2=O)c(C)c1)c1ccccc1C. The lowest BCUT2D eigenvalue weighted by atomic mass is 10.00. The highest BCUT2D eigenvalue weighted by atomic mass is 32.1. The number of aryl methyl sites for hydroxylation is 2. The zero-order chi connectivity index (χ0) is 19.4. The summed E-state index contributed by atoms with van der Waals surface area (Å²) in [5, 5.41) is 7.31. The van der Waals surface area contributed by atoms with Gasteiger partial charge < -0.3 is 15.5 Å². The molecular weight excluding hydrogens is 354 g/mol. The van der Waals surface area contributed by atoms with Crippen LogP contribution in [0.15, 0.2) is 42.5 Å². The Morgan fingerprint density at radius 1 is 1.19 bits per heavy atom. The van der Waals surface area contributed by atoms with Crippen molar-refractivity contribution in [1.82, 2.24) is 5.32 Å². The summed E-state index contributed by atoms with van der Waals surface area (Å²) < 4.78 is 0. The van der Waals surface area contributed by atoms with Crippen LogP contribution in [0.4, 0.5) is 11.4 Å². The molecule has 4 nitrogen and oxygen atoms in total. The van der Waals surface area contributed by atoms with Crippen LogP contribution in [0.1, 0.15) is 48.9 Å². The molecule has 2 aromatic rings. The zero-order valence-corrected chi connectivity index (χ0v) is 17.0. The molecule has 1 aliphatic rings. The Morgan fingerprint density at radius 3 is 2.59 bits per heavy atom. The Kier molecular flexibility index (Phi) is 6.11. The first-order valence-electron chi connectivity index (χ1n) is 9.53. The number of carbonyl (C=O) groups excluding carboxylic acids is 1. The molecule has 1 amide bonds. The summed E-state index contributed by atoms with van der Waals surface area (Å²) in [4.78, 5) is 13.9. The van der Waals surface area contributed by atoms with Crippen molar-refractivity contribution < 1.29 is 4.79 Å². The van der Waals surface area contributed by atoms with Crippen LogP contribution >= 0.6 is 12.2 Å². The van der Waals surface area contributed by atoms with Crippen molar-refractivity contribution in [3.05, 3.63) is 59.2 Å². The van der Waals surface area contributed by atoms with Crippen molar-refractivity contribution in [3.8, 4) is 0 Å². The van der Waals surface area contributed by atoms with E-state index in [4.69, 9.17) is 12.2 Å². The Labute approximate surface area is 167 Å². The molecule has 2 N–H and O–H groups in total. The van der Waals surface area contributed by atoms with E-state index < -0.39 is 0 Å². The van der Waals surface area contributed by atoms with E-state index in [2.05, 4.69) is 48.7 Å². The van der Waals surface area contributed by atoms with Gasteiger partial charge in [-0.3, -0.25) is 4.79 Å². The molecule has 1 saturated heterocycles. The number of amides is 1. The predicted octanol–water partition coefficient (Wildman–Crippen LogP) is 4.87. The number of carbonyl (C=O) groups is 1. The predicted molar refractivity (Wildman–Crippen MR) is 116 cm³/mol. The summed E-state index contributed by atoms with van der Waals surface area (Å²) in [6, 6.07) is 14.6. The highest BCUT2D eigenvalue weighted by Gasteiger charge is 2.23. The third-order valence-electron chi connectivity index (χ3n) is 5.10. The lowest BCUT2D eigenvalue weighted by Crippen LogP contribution is -2.32. The highest BCUT2D eigenvalue weighted by molar-refractivity contribution is 7.80. The summed E-state index contributed by atoms with van der Waals surface area (Å²) >= 11 is 5.54. The number of benzene rings is 2. The third kappa shape index (κ3) is 4.48. The maximum absolute atomic E-state index is 12.0. The van der Waals surface area contributed by atoms with E-state index in [-0.39, 0.29) is 11.9 Å². The molecule has 1 aliphatic heterocycles. The van der Waals surface area contributed by atoms with Crippen LogP contribution in [-0.2, 0) is 4.79 Å². The van der Waals surface area contributed by atoms with E-state index in [0.29, 0.717) is 11.5 Å². The minimum Gasteiger partial charge on any atom is -0.356 e. The smallest absolute Gasteiger partial charge is 0.227 e. The molecule has 5 heteroatoms. The number of hydrogen-bond acceptors (Lipinski definition) is 2. The molecule has 142 valence electrons. The Morgan fingerprint density at radius 2 is 1.96 bits per heavy atom. The van der Waals surface area contributed by atoms with Gasteiger partial charge in [0.25, 0.3) is 0 Å². The van der Waals surface area contributed by atoms with Crippen LogP contribution in [0.25, 0.3) is 0 Å². The fraction of sp³-hybridized carbons (Fsp3) is 0.364. The molecule has 2 aromatic carbocycles. The molecular formula is C22H27N3OS. The largest absolute Gasteiger partial charge is 0.356 e. The van der Waals surface area contributed by atoms with E-state index in [9.17, 15) is 4.79 Å². The minimum atomic E-state index is 0.175. The molecule has 27 heavy (non-hydrogen) atoms. The topological polar surface area (TPSA) is 44.4 Å². The van der Waals surface area contributed by atoms with Gasteiger partial charge in [0.05, 0.1) is 6.04 Å². The number of anilines is 2. The van der Waals surface area contributed by atoms with Crippen LogP contribution in [0.5, 0.6) is 0 Å². The number of nitrogens with one attached hydrogen (secondary N) is 2. The molecule has 3 rings (SSSR count). The molecule has 0 radical (unpaired) electrons. The lowest BCUT2D eigenvalue weighted by Gasteiger charge is -2.22. The number of nitrogens with zero attached hydrogens (tertiary/aromatic N) is 1. The van der Waals surface area contributed by atoms with Crippen molar-refractivity contribution in [2.24, 2.45) is 0 Å². The van der Waals surface area contributed by atoms with Gasteiger partial charge in [-0.1, -0.05) is 31.2 Å². The second kappa shape index (κ2) is 8.53. The summed E-state index contributed by atoms with van der Waals surface area (Å²) in [5.74, 6) is 0.208. The fourth-order valence-corrected chi connectivity index (χ4v) is 3.90. The first-order chi connectivity index (χ1) is 13.0. The van der Waals surface area contributed by atoms with E-state index in [1.54, 1.807) is 0 Å². The minimum absolute atomic E-state index is 0.175. The Bertz CT molecular complexity index is 849. The van der Waals surface area contributed by atoms with Crippen LogP contribution in [0.3, 0.4) is 0 Å². The van der Waals surface area contributed by atoms with Gasteiger partial charge in [0, 0.05) is 24.3 Å². The van der Waals surface area contributed by atoms with E-state index >= 15 is 0 Å². The van der Waals surface area contributed by atoms with Crippen LogP contribution in [0.2, 0.25) is 0 Å². The maximum Gasteiger partial charge on any atom is 0.227 e. The summed E-state index contributed by atoms with van der Waals surface area (Å²) in [6.45, 7) is 7.11. The normalized spacial score (nSPS) is 14.9. The zero-order valence-electron chi connectivity index (χ0n) is 16.2. The van der Waals surface area contributed by atoms with Gasteiger partial charge in [-0.2, -0.15) is 0 Å². The average molecular weight is 382 g/mol. The van der Waals surface area contributed by atoms with Gasteiger partial charge in [0.2, 0.25) is 5.91 Å². The fourth-order valence-electron chi connectivity index (χ4n) is 3.64. The van der Waals surface area contributed by atoms with Gasteiger partial charge in [0.15, 0.2) is 5.11 Å². The first kappa shape index (κ1) is 19.4. The van der Waals surface area contributed by atoms with E-state index in [1.807, 2.05) is 30.0 Å². The molecule has 0 saturated carbocycles. The van der Waals surface area contributed by atoms with Crippen LogP contribution in [-0.4, -0.2) is 17.6 Å². The second-order valence-electron chi connectivity index (χ2n) is 7.07. The van der Waals surface area contributed by atoms with Crippen LogP contribution < -0.4 is 15.5 Å². The number of hydrogen-bond donors (Lipinski definition) is 2. The molecule has 1 atom stereocenters. The van der Waals surface area contributed by atoms with Crippen molar-refractivity contribution in [3.63, 3.8) is 0 Å². The molecule has 1 heterocycles. The summed E-state index contributed by atoms with van der Waals surface area (Å²) in [7, 11) is 0. The summed E-state index contributed by atoms with van der Waals surface area (Å²) in [6.07, 6.45) is 2.52. The van der Waals surface area contributed by atoms with Crippen molar-refractivity contribution >= 4 is 34.6 Å². The standard InChI is InChI=1S/C22H27N3OS/c1-4-19(18-9-6-5-8-15(18)2)24-22(27)23-17-11-12-20(16(3)14-17)25-13-7-10-21(25)26/h5-6,8-9,11-12,14,19H,4,7,10,13H2,1-3H3,(H2,23,24,27). The van der Waals surface area contributed by atoms with Gasteiger partial charge in [-0.05, 0) is 73.8 Å². The second-order valence-corrected chi connectivity index (χ2v) is 7.47. The van der Waals surface area contributed by atoms with Crippen molar-refractivity contribution in [1.29, 1.82) is 0 Å². The highest BCUT2D eigenvalue weighted by Crippen LogP contribution is 2.27. The first-order valence-corrected chi connectivity index (χ1v) is 9.94.